The van der Waals surface area contributed by atoms with Crippen molar-refractivity contribution < 1.29 is 4.57 Å². The molecule has 0 bridgehead atoms. The van der Waals surface area contributed by atoms with Crippen molar-refractivity contribution in [2.24, 2.45) is 0 Å². The van der Waals surface area contributed by atoms with E-state index in [2.05, 4.69) is 0 Å². The average molecular weight is 132 g/mol. The van der Waals surface area contributed by atoms with E-state index >= 15 is 0 Å². The Kier molecular flexibility index (Phi) is 3.08. The van der Waals surface area contributed by atoms with Gasteiger partial charge in [0.15, 0.2) is 0 Å². The van der Waals surface area contributed by atoms with Crippen LogP contribution in [0.3, 0.4) is 0 Å². The number of allylic oxidation sites excluding steroid dienone is 2. The zero-order chi connectivity index (χ0) is 6.62. The van der Waals surface area contributed by atoms with Gasteiger partial charge >= 0.3 is 0 Å². The van der Waals surface area contributed by atoms with E-state index in [-0.39, 0.29) is 0 Å². The van der Waals surface area contributed by atoms with Gasteiger partial charge in [-0.05, 0) is 20.3 Å². The molecule has 0 amide bonds. The van der Waals surface area contributed by atoms with Crippen LogP contribution in [0.2, 0.25) is 0 Å². The first kappa shape index (κ1) is 7.97. The van der Waals surface area contributed by atoms with Gasteiger partial charge in [0.05, 0.1) is 7.14 Å². The molecular formula is C6H13OP. The number of hydrogen-bond donors (Lipinski definition) is 0. The van der Waals surface area contributed by atoms with Crippen LogP contribution >= 0.6 is 7.14 Å². The van der Waals surface area contributed by atoms with Gasteiger partial charge in [-0.15, -0.1) is 0 Å². The van der Waals surface area contributed by atoms with Crippen molar-refractivity contribution in [3.63, 3.8) is 0 Å². The van der Waals surface area contributed by atoms with Crippen molar-refractivity contribution in [3.05, 3.63) is 12.2 Å². The van der Waals surface area contributed by atoms with Crippen molar-refractivity contribution >= 4 is 7.14 Å². The van der Waals surface area contributed by atoms with E-state index < -0.39 is 7.14 Å². The standard InChI is InChI=1S/C6H13OP/c1-4-5-6-8(2,3)7/h4-5H,6H2,1-3H3/b5-4+. The van der Waals surface area contributed by atoms with Gasteiger partial charge in [-0.2, -0.15) is 0 Å². The van der Waals surface area contributed by atoms with Crippen molar-refractivity contribution in [1.82, 2.24) is 0 Å². The first-order chi connectivity index (χ1) is 3.56. The van der Waals surface area contributed by atoms with E-state index in [0.717, 1.165) is 6.16 Å². The molecule has 0 N–H and O–H groups in total. The summed E-state index contributed by atoms with van der Waals surface area (Å²) < 4.78 is 10.9. The van der Waals surface area contributed by atoms with Crippen LogP contribution in [-0.2, 0) is 4.57 Å². The molecular weight excluding hydrogens is 119 g/mol. The fourth-order valence-corrected chi connectivity index (χ4v) is 1.08. The van der Waals surface area contributed by atoms with E-state index in [1.54, 1.807) is 13.3 Å². The fraction of sp³-hybridized carbons (Fsp3) is 0.667. The maximum Gasteiger partial charge on any atom is 0.0854 e. The van der Waals surface area contributed by atoms with Crippen molar-refractivity contribution in [2.75, 3.05) is 19.5 Å². The molecule has 0 rings (SSSR count). The third kappa shape index (κ3) is 5.97. The Morgan fingerprint density at radius 3 is 2.12 bits per heavy atom. The topological polar surface area (TPSA) is 17.1 Å². The van der Waals surface area contributed by atoms with Gasteiger partial charge in [-0.3, -0.25) is 0 Å². The lowest BCUT2D eigenvalue weighted by molar-refractivity contribution is 0.584. The number of rotatable bonds is 2. The summed E-state index contributed by atoms with van der Waals surface area (Å²) in [6.07, 6.45) is 4.62. The second kappa shape index (κ2) is 3.09. The Bertz CT molecular complexity index is 120. The molecule has 0 aromatic heterocycles. The number of hydrogen-bond acceptors (Lipinski definition) is 1. The molecule has 0 aliphatic heterocycles. The van der Waals surface area contributed by atoms with Gasteiger partial charge in [-0.25, -0.2) is 0 Å². The van der Waals surface area contributed by atoms with Gasteiger partial charge in [0.25, 0.3) is 0 Å². The SMILES string of the molecule is C/C=C/CP(C)(C)=O. The molecule has 0 unspecified atom stereocenters. The van der Waals surface area contributed by atoms with E-state index in [9.17, 15) is 4.57 Å². The van der Waals surface area contributed by atoms with Crippen LogP contribution in [0.15, 0.2) is 12.2 Å². The molecule has 0 radical (unpaired) electrons. The Labute approximate surface area is 51.2 Å². The molecule has 0 heterocycles. The van der Waals surface area contributed by atoms with Crippen LogP contribution in [0.25, 0.3) is 0 Å². The molecule has 0 aliphatic carbocycles. The maximum absolute atomic E-state index is 10.9. The molecule has 0 aromatic rings. The first-order valence-corrected chi connectivity index (χ1v) is 5.50. The van der Waals surface area contributed by atoms with Gasteiger partial charge in [0.1, 0.15) is 0 Å². The van der Waals surface area contributed by atoms with E-state index in [0.29, 0.717) is 0 Å². The summed E-state index contributed by atoms with van der Waals surface area (Å²) in [5.74, 6) is 0. The summed E-state index contributed by atoms with van der Waals surface area (Å²) in [6, 6.07) is 0. The molecule has 2 heteroatoms. The highest BCUT2D eigenvalue weighted by Crippen LogP contribution is 2.35. The highest BCUT2D eigenvalue weighted by atomic mass is 31.2. The van der Waals surface area contributed by atoms with Crippen LogP contribution in [-0.4, -0.2) is 19.5 Å². The zero-order valence-corrected chi connectivity index (χ0v) is 6.61. The van der Waals surface area contributed by atoms with Crippen molar-refractivity contribution in [1.29, 1.82) is 0 Å². The Hall–Kier alpha value is -0.0300. The van der Waals surface area contributed by atoms with Gasteiger partial charge in [-0.1, -0.05) is 12.2 Å². The van der Waals surface area contributed by atoms with Crippen LogP contribution in [0, 0.1) is 0 Å². The molecule has 0 atom stereocenters. The Morgan fingerprint density at radius 2 is 2.00 bits per heavy atom. The normalized spacial score (nSPS) is 12.9. The molecule has 0 spiro atoms. The minimum Gasteiger partial charge on any atom is -0.324 e. The van der Waals surface area contributed by atoms with Gasteiger partial charge in [0.2, 0.25) is 0 Å². The lowest BCUT2D eigenvalue weighted by Gasteiger charge is -1.98. The Morgan fingerprint density at radius 1 is 1.50 bits per heavy atom. The van der Waals surface area contributed by atoms with Crippen molar-refractivity contribution in [3.8, 4) is 0 Å². The molecule has 8 heavy (non-hydrogen) atoms. The summed E-state index contributed by atoms with van der Waals surface area (Å²) >= 11 is 0. The summed E-state index contributed by atoms with van der Waals surface area (Å²) in [7, 11) is -1.77. The third-order valence-corrected chi connectivity index (χ3v) is 1.87. The summed E-state index contributed by atoms with van der Waals surface area (Å²) in [5.41, 5.74) is 0. The second-order valence-electron chi connectivity index (χ2n) is 2.33. The van der Waals surface area contributed by atoms with Crippen molar-refractivity contribution in [2.45, 2.75) is 6.92 Å². The third-order valence-electron chi connectivity index (χ3n) is 0.781. The smallest absolute Gasteiger partial charge is 0.0854 e. The molecule has 0 saturated carbocycles. The molecule has 0 saturated heterocycles. The highest BCUT2D eigenvalue weighted by molar-refractivity contribution is 7.62. The minimum absolute atomic E-state index is 0.740. The van der Waals surface area contributed by atoms with E-state index in [4.69, 9.17) is 0 Å². The molecule has 48 valence electrons. The lowest BCUT2D eigenvalue weighted by atomic mass is 10.6. The first-order valence-electron chi connectivity index (χ1n) is 2.71. The fourth-order valence-electron chi connectivity index (χ4n) is 0.359. The lowest BCUT2D eigenvalue weighted by Crippen LogP contribution is -1.78. The highest BCUT2D eigenvalue weighted by Gasteiger charge is 2.00. The maximum atomic E-state index is 10.9. The summed E-state index contributed by atoms with van der Waals surface area (Å²) in [6.45, 7) is 5.54. The Balaban J connectivity index is 3.57. The molecule has 0 fully saturated rings. The summed E-state index contributed by atoms with van der Waals surface area (Å²) in [4.78, 5) is 0. The van der Waals surface area contributed by atoms with Crippen LogP contribution in [0.5, 0.6) is 0 Å². The molecule has 0 aromatic carbocycles. The molecule has 1 nitrogen and oxygen atoms in total. The predicted molar refractivity (Wildman–Crippen MR) is 39.1 cm³/mol. The van der Waals surface area contributed by atoms with Crippen LogP contribution in [0.4, 0.5) is 0 Å². The van der Waals surface area contributed by atoms with E-state index in [1.165, 1.54) is 0 Å². The van der Waals surface area contributed by atoms with Gasteiger partial charge in [0, 0.05) is 6.16 Å². The summed E-state index contributed by atoms with van der Waals surface area (Å²) in [5, 5.41) is 0. The molecule has 0 aliphatic rings. The zero-order valence-electron chi connectivity index (χ0n) is 5.72. The van der Waals surface area contributed by atoms with E-state index in [1.807, 2.05) is 19.1 Å². The van der Waals surface area contributed by atoms with Crippen LogP contribution < -0.4 is 0 Å². The monoisotopic (exact) mass is 132 g/mol. The average Bonchev–Trinajstić information content (AvgIpc) is 1.59. The van der Waals surface area contributed by atoms with Gasteiger partial charge < -0.3 is 4.57 Å². The predicted octanol–water partition coefficient (Wildman–Crippen LogP) is 2.19. The minimum atomic E-state index is -1.77. The quantitative estimate of drug-likeness (QED) is 0.415. The second-order valence-corrected chi connectivity index (χ2v) is 5.84. The largest absolute Gasteiger partial charge is 0.324 e. The van der Waals surface area contributed by atoms with Crippen LogP contribution in [0.1, 0.15) is 6.92 Å².